The molecule has 2 rings (SSSR count). The van der Waals surface area contributed by atoms with Gasteiger partial charge >= 0.3 is 0 Å². The number of anilines is 1. The lowest BCUT2D eigenvalue weighted by molar-refractivity contribution is 0.683. The Morgan fingerprint density at radius 1 is 0.947 bits per heavy atom. The first-order valence-electron chi connectivity index (χ1n) is 5.38. The standard InChI is InChI=1S/C14H9N3OS/c15-8-10-4-1-2-6-13(10)19(18)14-7-3-5-12(17)11(14)9-16/h1-7H,17H2/t19-/m0/s1. The second kappa shape index (κ2) is 5.34. The van der Waals surface area contributed by atoms with Crippen LogP contribution < -0.4 is 5.73 Å². The van der Waals surface area contributed by atoms with Crippen LogP contribution in [-0.2, 0) is 10.8 Å². The Balaban J connectivity index is 2.62. The van der Waals surface area contributed by atoms with Crippen molar-refractivity contribution in [3.63, 3.8) is 0 Å². The molecule has 2 N–H and O–H groups in total. The third-order valence-corrected chi connectivity index (χ3v) is 4.07. The van der Waals surface area contributed by atoms with Crippen LogP contribution in [0, 0.1) is 22.7 Å². The zero-order valence-corrected chi connectivity index (χ0v) is 10.6. The maximum absolute atomic E-state index is 12.5. The molecule has 1 atom stereocenters. The van der Waals surface area contributed by atoms with Crippen LogP contribution in [0.1, 0.15) is 11.1 Å². The summed E-state index contributed by atoms with van der Waals surface area (Å²) in [5, 5.41) is 18.1. The minimum atomic E-state index is -1.60. The lowest BCUT2D eigenvalue weighted by Gasteiger charge is -2.07. The van der Waals surface area contributed by atoms with Crippen LogP contribution in [-0.4, -0.2) is 4.21 Å². The first-order chi connectivity index (χ1) is 9.19. The van der Waals surface area contributed by atoms with Crippen molar-refractivity contribution in [1.82, 2.24) is 0 Å². The van der Waals surface area contributed by atoms with Crippen LogP contribution >= 0.6 is 0 Å². The van der Waals surface area contributed by atoms with Crippen molar-refractivity contribution in [3.05, 3.63) is 53.6 Å². The maximum atomic E-state index is 12.5. The molecular weight excluding hydrogens is 258 g/mol. The molecular formula is C14H9N3OS. The van der Waals surface area contributed by atoms with Gasteiger partial charge in [-0.05, 0) is 24.3 Å². The molecule has 92 valence electrons. The fraction of sp³-hybridized carbons (Fsp3) is 0. The van der Waals surface area contributed by atoms with Gasteiger partial charge in [0.1, 0.15) is 12.1 Å². The highest BCUT2D eigenvalue weighted by molar-refractivity contribution is 7.85. The van der Waals surface area contributed by atoms with Crippen LogP contribution in [0.15, 0.2) is 52.3 Å². The SMILES string of the molecule is N#Cc1ccccc1[S@](=O)c1cccc(N)c1C#N. The number of nitrogens with two attached hydrogens (primary N) is 1. The van der Waals surface area contributed by atoms with E-state index in [1.165, 1.54) is 0 Å². The lowest BCUT2D eigenvalue weighted by atomic mass is 10.2. The molecule has 19 heavy (non-hydrogen) atoms. The summed E-state index contributed by atoms with van der Waals surface area (Å²) >= 11 is 0. The normalized spacial score (nSPS) is 11.3. The zero-order valence-electron chi connectivity index (χ0n) is 9.83. The first-order valence-corrected chi connectivity index (χ1v) is 6.53. The predicted molar refractivity (Wildman–Crippen MR) is 71.4 cm³/mol. The number of nitriles is 2. The van der Waals surface area contributed by atoms with Gasteiger partial charge in [-0.3, -0.25) is 0 Å². The molecule has 0 radical (unpaired) electrons. The molecule has 0 spiro atoms. The van der Waals surface area contributed by atoms with Crippen molar-refractivity contribution in [2.75, 3.05) is 5.73 Å². The van der Waals surface area contributed by atoms with Crippen LogP contribution in [0.5, 0.6) is 0 Å². The number of hydrogen-bond donors (Lipinski definition) is 1. The van der Waals surface area contributed by atoms with Crippen molar-refractivity contribution in [1.29, 1.82) is 10.5 Å². The van der Waals surface area contributed by atoms with E-state index in [0.717, 1.165) is 0 Å². The van der Waals surface area contributed by atoms with Gasteiger partial charge in [0, 0.05) is 0 Å². The predicted octanol–water partition coefficient (Wildman–Crippen LogP) is 2.18. The molecule has 4 nitrogen and oxygen atoms in total. The number of nitrogens with zero attached hydrogens (tertiary/aromatic N) is 2. The van der Waals surface area contributed by atoms with Gasteiger partial charge in [0.25, 0.3) is 0 Å². The van der Waals surface area contributed by atoms with Crippen LogP contribution in [0.4, 0.5) is 5.69 Å². The highest BCUT2D eigenvalue weighted by Gasteiger charge is 2.16. The van der Waals surface area contributed by atoms with E-state index >= 15 is 0 Å². The Morgan fingerprint density at radius 3 is 2.32 bits per heavy atom. The highest BCUT2D eigenvalue weighted by atomic mass is 32.2. The highest BCUT2D eigenvalue weighted by Crippen LogP contribution is 2.25. The van der Waals surface area contributed by atoms with Crippen molar-refractivity contribution < 1.29 is 4.21 Å². The average Bonchev–Trinajstić information content (AvgIpc) is 2.46. The van der Waals surface area contributed by atoms with E-state index < -0.39 is 10.8 Å². The van der Waals surface area contributed by atoms with E-state index in [1.54, 1.807) is 42.5 Å². The minimum Gasteiger partial charge on any atom is -0.398 e. The fourth-order valence-corrected chi connectivity index (χ4v) is 2.96. The van der Waals surface area contributed by atoms with Gasteiger partial charge in [-0.1, -0.05) is 18.2 Å². The summed E-state index contributed by atoms with van der Waals surface area (Å²) in [4.78, 5) is 0.706. The Hall–Kier alpha value is -2.63. The molecule has 0 bridgehead atoms. The second-order valence-corrected chi connectivity index (χ2v) is 5.13. The Morgan fingerprint density at radius 2 is 1.63 bits per heavy atom. The molecule has 0 unspecified atom stereocenters. The molecule has 0 aliphatic heterocycles. The smallest absolute Gasteiger partial charge is 0.103 e. The first kappa shape index (κ1) is 12.8. The van der Waals surface area contributed by atoms with Crippen molar-refractivity contribution in [3.8, 4) is 12.1 Å². The molecule has 0 aliphatic rings. The Bertz CT molecular complexity index is 741. The van der Waals surface area contributed by atoms with Gasteiger partial charge in [0.05, 0.1) is 37.4 Å². The summed E-state index contributed by atoms with van der Waals surface area (Å²) in [7, 11) is -1.60. The molecule has 2 aromatic rings. The second-order valence-electron chi connectivity index (χ2n) is 3.71. The molecule has 0 saturated carbocycles. The number of hydrogen-bond acceptors (Lipinski definition) is 4. The van der Waals surface area contributed by atoms with E-state index in [0.29, 0.717) is 15.4 Å². The molecule has 2 aromatic carbocycles. The molecule has 0 amide bonds. The fourth-order valence-electron chi connectivity index (χ4n) is 1.66. The monoisotopic (exact) mass is 267 g/mol. The number of benzene rings is 2. The van der Waals surface area contributed by atoms with Gasteiger partial charge in [0.15, 0.2) is 0 Å². The van der Waals surface area contributed by atoms with E-state index in [4.69, 9.17) is 16.3 Å². The third kappa shape index (κ3) is 2.33. The van der Waals surface area contributed by atoms with Crippen LogP contribution in [0.25, 0.3) is 0 Å². The maximum Gasteiger partial charge on any atom is 0.103 e. The van der Waals surface area contributed by atoms with Crippen molar-refractivity contribution >= 4 is 16.5 Å². The van der Waals surface area contributed by atoms with Crippen molar-refractivity contribution in [2.24, 2.45) is 0 Å². The lowest BCUT2D eigenvalue weighted by Crippen LogP contribution is -2.01. The largest absolute Gasteiger partial charge is 0.398 e. The average molecular weight is 267 g/mol. The van der Waals surface area contributed by atoms with Crippen LogP contribution in [0.2, 0.25) is 0 Å². The summed E-state index contributed by atoms with van der Waals surface area (Å²) in [5.74, 6) is 0. The minimum absolute atomic E-state index is 0.188. The topological polar surface area (TPSA) is 90.7 Å². The third-order valence-electron chi connectivity index (χ3n) is 2.58. The zero-order chi connectivity index (χ0) is 13.8. The molecule has 0 aliphatic carbocycles. The summed E-state index contributed by atoms with van der Waals surface area (Å²) in [5.41, 5.74) is 6.49. The molecule has 0 saturated heterocycles. The summed E-state index contributed by atoms with van der Waals surface area (Å²) in [6.07, 6.45) is 0. The summed E-state index contributed by atoms with van der Waals surface area (Å²) < 4.78 is 12.5. The van der Waals surface area contributed by atoms with E-state index in [-0.39, 0.29) is 11.3 Å². The van der Waals surface area contributed by atoms with Crippen LogP contribution in [0.3, 0.4) is 0 Å². The number of nitrogen functional groups attached to an aromatic ring is 1. The molecule has 0 heterocycles. The molecule has 0 aromatic heterocycles. The quantitative estimate of drug-likeness (QED) is 0.844. The van der Waals surface area contributed by atoms with E-state index in [2.05, 4.69) is 0 Å². The van der Waals surface area contributed by atoms with Gasteiger partial charge < -0.3 is 5.73 Å². The molecule has 5 heteroatoms. The Kier molecular flexibility index (Phi) is 3.61. The van der Waals surface area contributed by atoms with E-state index in [1.807, 2.05) is 12.1 Å². The van der Waals surface area contributed by atoms with Gasteiger partial charge in [0.2, 0.25) is 0 Å². The van der Waals surface area contributed by atoms with E-state index in [9.17, 15) is 4.21 Å². The van der Waals surface area contributed by atoms with Gasteiger partial charge in [-0.25, -0.2) is 4.21 Å². The Labute approximate surface area is 113 Å². The number of rotatable bonds is 2. The van der Waals surface area contributed by atoms with Gasteiger partial charge in [-0.2, -0.15) is 10.5 Å². The van der Waals surface area contributed by atoms with Gasteiger partial charge in [-0.15, -0.1) is 0 Å². The summed E-state index contributed by atoms with van der Waals surface area (Å²) in [6.45, 7) is 0. The molecule has 0 fully saturated rings. The summed E-state index contributed by atoms with van der Waals surface area (Å²) in [6, 6.07) is 15.3. The van der Waals surface area contributed by atoms with Crippen molar-refractivity contribution in [2.45, 2.75) is 9.79 Å².